The standard InChI is InChI=1S/C19H13ClN2O2S/c1-24-16-10-17-15(9-14(16)20)21-19(25-17)22-18(23)13-8-4-6-11-5-2-3-7-12(11)13/h2-10H,1H3,(H,21,22,23). The van der Waals surface area contributed by atoms with E-state index in [4.69, 9.17) is 16.3 Å². The average molecular weight is 369 g/mol. The molecule has 4 aromatic rings. The number of methoxy groups -OCH3 is 1. The van der Waals surface area contributed by atoms with Gasteiger partial charge in [0, 0.05) is 11.6 Å². The Balaban J connectivity index is 1.69. The van der Waals surface area contributed by atoms with Crippen LogP contribution in [0.25, 0.3) is 21.0 Å². The van der Waals surface area contributed by atoms with Crippen molar-refractivity contribution in [3.63, 3.8) is 0 Å². The highest BCUT2D eigenvalue weighted by Gasteiger charge is 2.14. The third-order valence-electron chi connectivity index (χ3n) is 3.92. The van der Waals surface area contributed by atoms with Crippen LogP contribution < -0.4 is 10.1 Å². The molecular weight excluding hydrogens is 356 g/mol. The van der Waals surface area contributed by atoms with Gasteiger partial charge in [0.1, 0.15) is 5.75 Å². The Morgan fingerprint density at radius 2 is 1.96 bits per heavy atom. The molecule has 6 heteroatoms. The van der Waals surface area contributed by atoms with Gasteiger partial charge in [-0.2, -0.15) is 0 Å². The molecule has 1 amide bonds. The van der Waals surface area contributed by atoms with Crippen LogP contribution in [0, 0.1) is 0 Å². The Morgan fingerprint density at radius 1 is 1.16 bits per heavy atom. The number of ether oxygens (including phenoxy) is 1. The number of hydrogen-bond acceptors (Lipinski definition) is 4. The van der Waals surface area contributed by atoms with Gasteiger partial charge in [-0.25, -0.2) is 4.98 Å². The van der Waals surface area contributed by atoms with E-state index >= 15 is 0 Å². The van der Waals surface area contributed by atoms with Crippen molar-refractivity contribution in [2.24, 2.45) is 0 Å². The summed E-state index contributed by atoms with van der Waals surface area (Å²) < 4.78 is 6.12. The topological polar surface area (TPSA) is 51.2 Å². The van der Waals surface area contributed by atoms with Crippen LogP contribution in [0.3, 0.4) is 0 Å². The third kappa shape index (κ3) is 2.92. The first-order valence-electron chi connectivity index (χ1n) is 7.59. The zero-order chi connectivity index (χ0) is 17.4. The minimum Gasteiger partial charge on any atom is -0.495 e. The molecule has 0 saturated heterocycles. The lowest BCUT2D eigenvalue weighted by Crippen LogP contribution is -2.12. The zero-order valence-electron chi connectivity index (χ0n) is 13.2. The molecule has 4 nitrogen and oxygen atoms in total. The Bertz CT molecular complexity index is 1100. The number of rotatable bonds is 3. The molecule has 0 atom stereocenters. The van der Waals surface area contributed by atoms with Crippen molar-refractivity contribution in [1.82, 2.24) is 4.98 Å². The van der Waals surface area contributed by atoms with E-state index in [9.17, 15) is 4.79 Å². The number of aromatic nitrogens is 1. The predicted molar refractivity (Wildman–Crippen MR) is 103 cm³/mol. The van der Waals surface area contributed by atoms with Crippen LogP contribution in [0.5, 0.6) is 5.75 Å². The Hall–Kier alpha value is -2.63. The molecule has 0 spiro atoms. The number of nitrogens with one attached hydrogen (secondary N) is 1. The van der Waals surface area contributed by atoms with Crippen LogP contribution in [0.2, 0.25) is 5.02 Å². The van der Waals surface area contributed by atoms with E-state index in [1.165, 1.54) is 11.3 Å². The van der Waals surface area contributed by atoms with Gasteiger partial charge >= 0.3 is 0 Å². The van der Waals surface area contributed by atoms with Crippen LogP contribution in [-0.4, -0.2) is 18.0 Å². The van der Waals surface area contributed by atoms with Gasteiger partial charge in [-0.15, -0.1) is 0 Å². The second-order valence-electron chi connectivity index (χ2n) is 5.45. The smallest absolute Gasteiger partial charge is 0.258 e. The van der Waals surface area contributed by atoms with Crippen molar-refractivity contribution >= 4 is 55.0 Å². The highest BCUT2D eigenvalue weighted by molar-refractivity contribution is 7.22. The van der Waals surface area contributed by atoms with Crippen molar-refractivity contribution in [3.05, 3.63) is 65.2 Å². The number of anilines is 1. The molecule has 25 heavy (non-hydrogen) atoms. The van der Waals surface area contributed by atoms with E-state index in [0.717, 1.165) is 21.0 Å². The Labute approximate surface area is 153 Å². The summed E-state index contributed by atoms with van der Waals surface area (Å²) in [6, 6.07) is 17.0. The predicted octanol–water partition coefficient (Wildman–Crippen LogP) is 5.36. The lowest BCUT2D eigenvalue weighted by molar-refractivity contribution is 0.102. The molecule has 0 aliphatic carbocycles. The van der Waals surface area contributed by atoms with E-state index in [1.807, 2.05) is 48.5 Å². The molecule has 0 aliphatic rings. The summed E-state index contributed by atoms with van der Waals surface area (Å²) in [5, 5.41) is 5.83. The van der Waals surface area contributed by atoms with Crippen LogP contribution in [0.15, 0.2) is 54.6 Å². The number of fused-ring (bicyclic) bond motifs is 2. The fraction of sp³-hybridized carbons (Fsp3) is 0.0526. The van der Waals surface area contributed by atoms with Crippen molar-refractivity contribution in [2.75, 3.05) is 12.4 Å². The van der Waals surface area contributed by atoms with Crippen LogP contribution in [0.1, 0.15) is 10.4 Å². The van der Waals surface area contributed by atoms with Crippen LogP contribution in [-0.2, 0) is 0 Å². The monoisotopic (exact) mass is 368 g/mol. The largest absolute Gasteiger partial charge is 0.495 e. The first-order chi connectivity index (χ1) is 12.2. The van der Waals surface area contributed by atoms with E-state index in [-0.39, 0.29) is 5.91 Å². The average Bonchev–Trinajstić information content (AvgIpc) is 3.01. The SMILES string of the molecule is COc1cc2sc(NC(=O)c3cccc4ccccc34)nc2cc1Cl. The number of thiazole rings is 1. The van der Waals surface area contributed by atoms with Crippen LogP contribution in [0.4, 0.5) is 5.13 Å². The molecule has 0 radical (unpaired) electrons. The maximum Gasteiger partial charge on any atom is 0.258 e. The molecule has 0 aliphatic heterocycles. The van der Waals surface area contributed by atoms with Crippen molar-refractivity contribution in [2.45, 2.75) is 0 Å². The first-order valence-corrected chi connectivity index (χ1v) is 8.78. The maximum atomic E-state index is 12.7. The second-order valence-corrected chi connectivity index (χ2v) is 6.89. The fourth-order valence-corrected chi connectivity index (χ4v) is 3.83. The summed E-state index contributed by atoms with van der Waals surface area (Å²) in [4.78, 5) is 17.1. The fourth-order valence-electron chi connectivity index (χ4n) is 2.73. The summed E-state index contributed by atoms with van der Waals surface area (Å²) >= 11 is 7.51. The quantitative estimate of drug-likeness (QED) is 0.529. The van der Waals surface area contributed by atoms with Gasteiger partial charge in [0.15, 0.2) is 5.13 Å². The van der Waals surface area contributed by atoms with E-state index in [2.05, 4.69) is 10.3 Å². The molecular formula is C19H13ClN2O2S. The van der Waals surface area contributed by atoms with Crippen LogP contribution >= 0.6 is 22.9 Å². The van der Waals surface area contributed by atoms with Gasteiger partial charge < -0.3 is 4.74 Å². The summed E-state index contributed by atoms with van der Waals surface area (Å²) in [5.74, 6) is 0.402. The van der Waals surface area contributed by atoms with Gasteiger partial charge in [0.25, 0.3) is 5.91 Å². The summed E-state index contributed by atoms with van der Waals surface area (Å²) in [6.45, 7) is 0. The maximum absolute atomic E-state index is 12.7. The van der Waals surface area contributed by atoms with Gasteiger partial charge in [-0.05, 0) is 22.9 Å². The summed E-state index contributed by atoms with van der Waals surface area (Å²) in [7, 11) is 1.57. The molecule has 1 heterocycles. The van der Waals surface area contributed by atoms with Gasteiger partial charge in [0.2, 0.25) is 0 Å². The van der Waals surface area contributed by atoms with E-state index in [0.29, 0.717) is 21.5 Å². The van der Waals surface area contributed by atoms with E-state index in [1.54, 1.807) is 13.2 Å². The van der Waals surface area contributed by atoms with Gasteiger partial charge in [0.05, 0.1) is 22.3 Å². The third-order valence-corrected chi connectivity index (χ3v) is 5.15. The molecule has 4 rings (SSSR count). The minimum absolute atomic E-state index is 0.186. The van der Waals surface area contributed by atoms with Crippen molar-refractivity contribution < 1.29 is 9.53 Å². The molecule has 3 aromatic carbocycles. The highest BCUT2D eigenvalue weighted by Crippen LogP contribution is 2.34. The van der Waals surface area contributed by atoms with Crippen molar-refractivity contribution in [1.29, 1.82) is 0 Å². The van der Waals surface area contributed by atoms with Crippen molar-refractivity contribution in [3.8, 4) is 5.75 Å². The lowest BCUT2D eigenvalue weighted by Gasteiger charge is -2.05. The Kier molecular flexibility index (Phi) is 4.03. The molecule has 1 N–H and O–H groups in total. The number of carbonyl (C=O) groups is 1. The number of benzene rings is 3. The lowest BCUT2D eigenvalue weighted by atomic mass is 10.0. The number of amides is 1. The summed E-state index contributed by atoms with van der Waals surface area (Å²) in [6.07, 6.45) is 0. The minimum atomic E-state index is -0.186. The Morgan fingerprint density at radius 3 is 2.80 bits per heavy atom. The molecule has 1 aromatic heterocycles. The molecule has 0 bridgehead atoms. The second kappa shape index (κ2) is 6.35. The van der Waals surface area contributed by atoms with Gasteiger partial charge in [-0.1, -0.05) is 59.3 Å². The zero-order valence-corrected chi connectivity index (χ0v) is 14.8. The number of halogens is 1. The van der Waals surface area contributed by atoms with Gasteiger partial charge in [-0.3, -0.25) is 10.1 Å². The van der Waals surface area contributed by atoms with E-state index < -0.39 is 0 Å². The first kappa shape index (κ1) is 15.9. The summed E-state index contributed by atoms with van der Waals surface area (Å²) in [5.41, 5.74) is 1.34. The number of carbonyl (C=O) groups excluding carboxylic acids is 1. The number of nitrogens with zero attached hydrogens (tertiary/aromatic N) is 1. The number of hydrogen-bond donors (Lipinski definition) is 1. The normalized spacial score (nSPS) is 11.0. The highest BCUT2D eigenvalue weighted by atomic mass is 35.5. The molecule has 0 unspecified atom stereocenters. The molecule has 124 valence electrons. The molecule has 0 saturated carbocycles. The molecule has 0 fully saturated rings.